The van der Waals surface area contributed by atoms with Gasteiger partial charge >= 0.3 is 6.03 Å². The van der Waals surface area contributed by atoms with Crippen LogP contribution in [-0.2, 0) is 28.1 Å². The average molecular weight is 398 g/mol. The van der Waals surface area contributed by atoms with Gasteiger partial charge in [-0.15, -0.1) is 0 Å². The number of aryl methyl sites for hydroxylation is 1. The number of hydrogen-bond acceptors (Lipinski definition) is 3. The van der Waals surface area contributed by atoms with Crippen LogP contribution < -0.4 is 10.6 Å². The monoisotopic (exact) mass is 397 g/mol. The predicted molar refractivity (Wildman–Crippen MR) is 105 cm³/mol. The largest absolute Gasteiger partial charge is 0.350 e. The second kappa shape index (κ2) is 7.28. The van der Waals surface area contributed by atoms with Crippen molar-refractivity contribution in [3.8, 4) is 0 Å². The summed E-state index contributed by atoms with van der Waals surface area (Å²) in [5.74, 6) is -0.745. The first-order chi connectivity index (χ1) is 13.5. The molecule has 28 heavy (non-hydrogen) atoms. The van der Waals surface area contributed by atoms with Crippen molar-refractivity contribution < 1.29 is 14.4 Å². The maximum absolute atomic E-state index is 13.2. The van der Waals surface area contributed by atoms with Gasteiger partial charge in [0.25, 0.3) is 5.91 Å². The Morgan fingerprint density at radius 3 is 2.68 bits per heavy atom. The average Bonchev–Trinajstić information content (AvgIpc) is 2.93. The van der Waals surface area contributed by atoms with E-state index in [1.807, 2.05) is 36.4 Å². The Hall–Kier alpha value is -2.86. The molecule has 2 aromatic carbocycles. The smallest absolute Gasteiger partial charge is 0.325 e. The number of benzene rings is 2. The number of carbonyl (C=O) groups excluding carboxylic acids is 3. The van der Waals surface area contributed by atoms with Crippen LogP contribution in [0.25, 0.3) is 0 Å². The van der Waals surface area contributed by atoms with Crippen LogP contribution in [0.2, 0.25) is 5.02 Å². The molecule has 1 fully saturated rings. The highest BCUT2D eigenvalue weighted by molar-refractivity contribution is 6.30. The van der Waals surface area contributed by atoms with Gasteiger partial charge in [0, 0.05) is 11.6 Å². The van der Waals surface area contributed by atoms with Crippen LogP contribution in [-0.4, -0.2) is 29.3 Å². The van der Waals surface area contributed by atoms with E-state index in [-0.39, 0.29) is 18.4 Å². The summed E-state index contributed by atoms with van der Waals surface area (Å²) in [5, 5.41) is 6.21. The number of fused-ring (bicyclic) bond motifs is 2. The molecule has 7 heteroatoms. The van der Waals surface area contributed by atoms with Crippen molar-refractivity contribution in [1.29, 1.82) is 0 Å². The summed E-state index contributed by atoms with van der Waals surface area (Å²) in [6, 6.07) is 14.2. The standard InChI is InChI=1S/C21H20ClN3O3/c22-16-9-7-14(8-10-16)12-23-18(26)13-25-19(27)21(24-20(25)28)11-3-5-15-4-1-2-6-17(15)21/h1-2,4,6-10H,3,5,11-13H2,(H,23,26)(H,24,28). The molecule has 144 valence electrons. The molecule has 4 amide bonds. The summed E-state index contributed by atoms with van der Waals surface area (Å²) < 4.78 is 0. The highest BCUT2D eigenvalue weighted by Crippen LogP contribution is 2.39. The van der Waals surface area contributed by atoms with Crippen molar-refractivity contribution in [2.24, 2.45) is 0 Å². The van der Waals surface area contributed by atoms with E-state index in [9.17, 15) is 14.4 Å². The van der Waals surface area contributed by atoms with Crippen LogP contribution in [0.4, 0.5) is 4.79 Å². The number of amides is 4. The molecular weight excluding hydrogens is 378 g/mol. The van der Waals surface area contributed by atoms with Gasteiger partial charge in [-0.05, 0) is 48.1 Å². The summed E-state index contributed by atoms with van der Waals surface area (Å²) in [6.07, 6.45) is 2.22. The molecule has 1 aliphatic carbocycles. The molecule has 1 saturated heterocycles. The molecule has 2 aliphatic rings. The number of urea groups is 1. The van der Waals surface area contributed by atoms with E-state index in [2.05, 4.69) is 10.6 Å². The minimum atomic E-state index is -1.05. The SMILES string of the molecule is O=C(CN1C(=O)NC2(CCCc3ccccc32)C1=O)NCc1ccc(Cl)cc1. The van der Waals surface area contributed by atoms with Gasteiger partial charge in [0.2, 0.25) is 5.91 Å². The molecule has 2 N–H and O–H groups in total. The molecule has 0 aromatic heterocycles. The Labute approximate surface area is 167 Å². The van der Waals surface area contributed by atoms with E-state index in [1.54, 1.807) is 12.1 Å². The zero-order chi connectivity index (χ0) is 19.7. The summed E-state index contributed by atoms with van der Waals surface area (Å²) in [6.45, 7) is -0.00417. The molecule has 0 radical (unpaired) electrons. The fourth-order valence-corrected chi connectivity index (χ4v) is 4.08. The number of halogens is 1. The number of hydrogen-bond donors (Lipinski definition) is 2. The van der Waals surface area contributed by atoms with Crippen molar-refractivity contribution >= 4 is 29.4 Å². The van der Waals surface area contributed by atoms with Crippen LogP contribution in [0.15, 0.2) is 48.5 Å². The van der Waals surface area contributed by atoms with E-state index >= 15 is 0 Å². The molecule has 1 spiro atoms. The van der Waals surface area contributed by atoms with E-state index < -0.39 is 11.6 Å². The van der Waals surface area contributed by atoms with E-state index in [0.29, 0.717) is 18.0 Å². The summed E-state index contributed by atoms with van der Waals surface area (Å²) in [5.41, 5.74) is 1.73. The molecule has 0 bridgehead atoms. The van der Waals surface area contributed by atoms with Crippen LogP contribution in [0.5, 0.6) is 0 Å². The quantitative estimate of drug-likeness (QED) is 0.778. The molecule has 4 rings (SSSR count). The van der Waals surface area contributed by atoms with Gasteiger partial charge in [-0.2, -0.15) is 0 Å². The van der Waals surface area contributed by atoms with Crippen LogP contribution >= 0.6 is 11.6 Å². The number of rotatable bonds is 4. The first-order valence-electron chi connectivity index (χ1n) is 9.23. The number of nitrogens with zero attached hydrogens (tertiary/aromatic N) is 1. The fourth-order valence-electron chi connectivity index (χ4n) is 3.96. The zero-order valence-corrected chi connectivity index (χ0v) is 16.0. The van der Waals surface area contributed by atoms with E-state index in [1.165, 1.54) is 0 Å². The van der Waals surface area contributed by atoms with Crippen LogP contribution in [0.3, 0.4) is 0 Å². The maximum Gasteiger partial charge on any atom is 0.325 e. The predicted octanol–water partition coefficient (Wildman–Crippen LogP) is 2.74. The summed E-state index contributed by atoms with van der Waals surface area (Å²) in [4.78, 5) is 39.0. The Morgan fingerprint density at radius 1 is 1.14 bits per heavy atom. The van der Waals surface area contributed by atoms with Crippen molar-refractivity contribution in [3.63, 3.8) is 0 Å². The topological polar surface area (TPSA) is 78.5 Å². The molecular formula is C21H20ClN3O3. The Kier molecular flexibility index (Phi) is 4.81. The van der Waals surface area contributed by atoms with E-state index in [0.717, 1.165) is 34.4 Å². The number of imide groups is 1. The van der Waals surface area contributed by atoms with Gasteiger partial charge in [-0.3, -0.25) is 14.5 Å². The molecule has 6 nitrogen and oxygen atoms in total. The first kappa shape index (κ1) is 18.5. The number of carbonyl (C=O) groups is 3. The van der Waals surface area contributed by atoms with Crippen LogP contribution in [0.1, 0.15) is 29.5 Å². The van der Waals surface area contributed by atoms with Crippen LogP contribution in [0, 0.1) is 0 Å². The van der Waals surface area contributed by atoms with Gasteiger partial charge in [0.15, 0.2) is 0 Å². The maximum atomic E-state index is 13.2. The second-order valence-electron chi connectivity index (χ2n) is 7.14. The summed E-state index contributed by atoms with van der Waals surface area (Å²) in [7, 11) is 0. The lowest BCUT2D eigenvalue weighted by atomic mass is 9.76. The van der Waals surface area contributed by atoms with Gasteiger partial charge in [0.05, 0.1) is 0 Å². The van der Waals surface area contributed by atoms with Gasteiger partial charge in [-0.1, -0.05) is 48.0 Å². The highest BCUT2D eigenvalue weighted by atomic mass is 35.5. The van der Waals surface area contributed by atoms with Crippen molar-refractivity contribution in [3.05, 3.63) is 70.2 Å². The van der Waals surface area contributed by atoms with Gasteiger partial charge in [-0.25, -0.2) is 4.79 Å². The minimum absolute atomic E-state index is 0.299. The lowest BCUT2D eigenvalue weighted by molar-refractivity contribution is -0.135. The molecule has 0 saturated carbocycles. The lowest BCUT2D eigenvalue weighted by Gasteiger charge is -2.33. The third-order valence-corrected chi connectivity index (χ3v) is 5.61. The van der Waals surface area contributed by atoms with E-state index in [4.69, 9.17) is 11.6 Å². The minimum Gasteiger partial charge on any atom is -0.350 e. The Balaban J connectivity index is 1.46. The highest BCUT2D eigenvalue weighted by Gasteiger charge is 2.54. The number of nitrogens with one attached hydrogen (secondary N) is 2. The summed E-state index contributed by atoms with van der Waals surface area (Å²) >= 11 is 5.85. The molecule has 1 heterocycles. The molecule has 1 aliphatic heterocycles. The Bertz CT molecular complexity index is 944. The third kappa shape index (κ3) is 3.24. The molecule has 1 unspecified atom stereocenters. The van der Waals surface area contributed by atoms with Crippen molar-refractivity contribution in [2.75, 3.05) is 6.54 Å². The fraction of sp³-hybridized carbons (Fsp3) is 0.286. The first-order valence-corrected chi connectivity index (χ1v) is 9.61. The third-order valence-electron chi connectivity index (χ3n) is 5.36. The van der Waals surface area contributed by atoms with Crippen molar-refractivity contribution in [1.82, 2.24) is 15.5 Å². The van der Waals surface area contributed by atoms with Gasteiger partial charge < -0.3 is 10.6 Å². The van der Waals surface area contributed by atoms with Crippen molar-refractivity contribution in [2.45, 2.75) is 31.3 Å². The zero-order valence-electron chi connectivity index (χ0n) is 15.2. The normalized spacial score (nSPS) is 20.8. The Morgan fingerprint density at radius 2 is 1.89 bits per heavy atom. The second-order valence-corrected chi connectivity index (χ2v) is 7.58. The molecule has 2 aromatic rings. The molecule has 1 atom stereocenters. The van der Waals surface area contributed by atoms with Gasteiger partial charge in [0.1, 0.15) is 12.1 Å². The lowest BCUT2D eigenvalue weighted by Crippen LogP contribution is -2.47.